The zero-order chi connectivity index (χ0) is 29.5. The van der Waals surface area contributed by atoms with Crippen molar-refractivity contribution in [1.82, 2.24) is 15.0 Å². The number of halogens is 3. The summed E-state index contributed by atoms with van der Waals surface area (Å²) in [5.74, 6) is -0.00446. The van der Waals surface area contributed by atoms with Gasteiger partial charge in [-0.3, -0.25) is 0 Å². The Kier molecular flexibility index (Phi) is 7.90. The van der Waals surface area contributed by atoms with E-state index < -0.39 is 17.2 Å². The van der Waals surface area contributed by atoms with Gasteiger partial charge in [0.25, 0.3) is 0 Å². The Hall–Kier alpha value is -3.61. The molecule has 0 bridgehead atoms. The highest BCUT2D eigenvalue weighted by Crippen LogP contribution is 2.44. The molecule has 0 amide bonds. The van der Waals surface area contributed by atoms with Crippen LogP contribution in [0.3, 0.4) is 0 Å². The van der Waals surface area contributed by atoms with Crippen LogP contribution < -0.4 is 0 Å². The number of hydrogen-bond donors (Lipinski definition) is 1. The quantitative estimate of drug-likeness (QED) is 0.212. The molecule has 40 heavy (non-hydrogen) atoms. The zero-order valence-corrected chi connectivity index (χ0v) is 24.2. The maximum absolute atomic E-state index is 13.3. The number of aromatic hydroxyl groups is 1. The molecule has 4 nitrogen and oxygen atoms in total. The molecule has 212 valence electrons. The maximum Gasteiger partial charge on any atom is 0.416 e. The second kappa shape index (κ2) is 10.8. The lowest BCUT2D eigenvalue weighted by molar-refractivity contribution is -0.137. The lowest BCUT2D eigenvalue weighted by Crippen LogP contribution is -2.23. The summed E-state index contributed by atoms with van der Waals surface area (Å²) in [6, 6.07) is 15.3. The average Bonchev–Trinajstić information content (AvgIpc) is 3.31. The van der Waals surface area contributed by atoms with Crippen molar-refractivity contribution >= 4 is 16.6 Å². The molecule has 0 unspecified atom stereocenters. The van der Waals surface area contributed by atoms with Gasteiger partial charge in [-0.15, -0.1) is 15.0 Å². The number of rotatable bonds is 9. The minimum absolute atomic E-state index is 0.00446. The predicted octanol–water partition coefficient (Wildman–Crippen LogP) is 9.36. The number of phenols is 1. The first kappa shape index (κ1) is 29.4. The second-order valence-electron chi connectivity index (χ2n) is 11.9. The number of aromatic nitrogens is 3. The van der Waals surface area contributed by atoms with Gasteiger partial charge in [0.15, 0.2) is 0 Å². The van der Waals surface area contributed by atoms with Gasteiger partial charge in [0, 0.05) is 11.0 Å². The fourth-order valence-electron chi connectivity index (χ4n) is 5.13. The van der Waals surface area contributed by atoms with Gasteiger partial charge in [0.05, 0.1) is 5.56 Å². The van der Waals surface area contributed by atoms with Gasteiger partial charge in [-0.2, -0.15) is 13.2 Å². The molecule has 0 aliphatic rings. The zero-order valence-electron chi connectivity index (χ0n) is 24.2. The van der Waals surface area contributed by atoms with Gasteiger partial charge < -0.3 is 5.11 Å². The van der Waals surface area contributed by atoms with Gasteiger partial charge in [-0.25, -0.2) is 0 Å². The van der Waals surface area contributed by atoms with E-state index in [0.717, 1.165) is 60.1 Å². The fraction of sp³-hybridized carbons (Fsp3) is 0.394. The van der Waals surface area contributed by atoms with Crippen LogP contribution >= 0.6 is 0 Å². The van der Waals surface area contributed by atoms with Crippen LogP contribution in [-0.4, -0.2) is 20.1 Å². The number of allylic oxidation sites excluding steroid dienone is 1. The normalized spacial score (nSPS) is 12.7. The molecule has 3 aromatic carbocycles. The number of fused-ring (bicyclic) bond motifs is 1. The first-order valence-corrected chi connectivity index (χ1v) is 13.7. The number of alkyl halides is 3. The molecule has 0 spiro atoms. The number of unbranched alkanes of at least 4 members (excludes halogenated alkanes) is 2. The van der Waals surface area contributed by atoms with Crippen molar-refractivity contribution in [2.24, 2.45) is 0 Å². The van der Waals surface area contributed by atoms with Gasteiger partial charge >= 0.3 is 6.18 Å². The van der Waals surface area contributed by atoms with E-state index in [4.69, 9.17) is 0 Å². The molecule has 0 saturated heterocycles. The monoisotopic (exact) mass is 549 g/mol. The summed E-state index contributed by atoms with van der Waals surface area (Å²) < 4.78 is 40.0. The van der Waals surface area contributed by atoms with E-state index in [2.05, 4.69) is 63.5 Å². The van der Waals surface area contributed by atoms with E-state index in [1.165, 1.54) is 10.9 Å². The van der Waals surface area contributed by atoms with Crippen molar-refractivity contribution in [2.75, 3.05) is 0 Å². The third kappa shape index (κ3) is 5.79. The van der Waals surface area contributed by atoms with E-state index in [1.807, 2.05) is 31.2 Å². The van der Waals surface area contributed by atoms with Gasteiger partial charge in [-0.05, 0) is 59.7 Å². The Morgan fingerprint density at radius 1 is 0.875 bits per heavy atom. The molecule has 4 rings (SSSR count). The molecule has 0 radical (unpaired) electrons. The maximum atomic E-state index is 13.3. The lowest BCUT2D eigenvalue weighted by Gasteiger charge is -2.32. The summed E-state index contributed by atoms with van der Waals surface area (Å²) in [4.78, 5) is 1.26. The highest BCUT2D eigenvalue weighted by atomic mass is 19.4. The number of hydrogen-bond acceptors (Lipinski definition) is 3. The summed E-state index contributed by atoms with van der Waals surface area (Å²) in [5.41, 5.74) is 3.79. The molecule has 1 N–H and O–H groups in total. The number of benzene rings is 3. The van der Waals surface area contributed by atoms with E-state index in [-0.39, 0.29) is 16.7 Å². The summed E-state index contributed by atoms with van der Waals surface area (Å²) in [6.45, 7) is 16.7. The predicted molar refractivity (Wildman–Crippen MR) is 156 cm³/mol. The minimum Gasteiger partial charge on any atom is -0.505 e. The third-order valence-electron chi connectivity index (χ3n) is 7.95. The van der Waals surface area contributed by atoms with Crippen LogP contribution in [0, 0.1) is 0 Å². The average molecular weight is 550 g/mol. The van der Waals surface area contributed by atoms with Crippen LogP contribution in [0.15, 0.2) is 61.2 Å². The van der Waals surface area contributed by atoms with E-state index in [0.29, 0.717) is 16.8 Å². The molecule has 0 aliphatic carbocycles. The molecule has 0 fully saturated rings. The third-order valence-corrected chi connectivity index (χ3v) is 7.95. The highest BCUT2D eigenvalue weighted by molar-refractivity contribution is 5.75. The van der Waals surface area contributed by atoms with E-state index in [9.17, 15) is 18.3 Å². The summed E-state index contributed by atoms with van der Waals surface area (Å²) in [5, 5.41) is 20.6. The number of phenolic OH excluding ortho intramolecular Hbond substituents is 1. The summed E-state index contributed by atoms with van der Waals surface area (Å²) >= 11 is 0. The van der Waals surface area contributed by atoms with Crippen LogP contribution in [0.2, 0.25) is 0 Å². The number of nitrogens with zero attached hydrogens (tertiary/aromatic N) is 3. The van der Waals surface area contributed by atoms with Gasteiger partial charge in [-0.1, -0.05) is 96.4 Å². The first-order chi connectivity index (χ1) is 18.6. The molecule has 0 atom stereocenters. The van der Waals surface area contributed by atoms with E-state index in [1.54, 1.807) is 0 Å². The first-order valence-electron chi connectivity index (χ1n) is 13.7. The molecule has 7 heteroatoms. The SMILES string of the molecule is C=C(C)c1cccc(C(C)(C)c2cc(C(C)(C)CCCCC)cc(-n3nc4ccc(C(F)(F)F)cc4n3)c2O)c1. The van der Waals surface area contributed by atoms with Crippen molar-refractivity contribution in [1.29, 1.82) is 0 Å². The summed E-state index contributed by atoms with van der Waals surface area (Å²) in [7, 11) is 0. The van der Waals surface area contributed by atoms with Gasteiger partial charge in [0.1, 0.15) is 22.5 Å². The largest absolute Gasteiger partial charge is 0.505 e. The highest BCUT2D eigenvalue weighted by Gasteiger charge is 2.33. The topological polar surface area (TPSA) is 50.9 Å². The molecular formula is C33H38F3N3O. The minimum atomic E-state index is -4.49. The molecule has 0 aliphatic heterocycles. The van der Waals surface area contributed by atoms with Crippen LogP contribution in [0.1, 0.15) is 95.0 Å². The molecule has 1 heterocycles. The van der Waals surface area contributed by atoms with Crippen molar-refractivity contribution in [2.45, 2.75) is 84.2 Å². The second-order valence-corrected chi connectivity index (χ2v) is 11.9. The van der Waals surface area contributed by atoms with Crippen molar-refractivity contribution in [3.8, 4) is 11.4 Å². The van der Waals surface area contributed by atoms with E-state index >= 15 is 0 Å². The van der Waals surface area contributed by atoms with Crippen LogP contribution in [0.5, 0.6) is 5.75 Å². The van der Waals surface area contributed by atoms with Crippen LogP contribution in [0.25, 0.3) is 22.3 Å². The smallest absolute Gasteiger partial charge is 0.416 e. The van der Waals surface area contributed by atoms with Crippen LogP contribution in [0.4, 0.5) is 13.2 Å². The molecule has 4 aromatic rings. The lowest BCUT2D eigenvalue weighted by atomic mass is 9.73. The Balaban J connectivity index is 1.93. The Morgan fingerprint density at radius 2 is 1.57 bits per heavy atom. The van der Waals surface area contributed by atoms with Crippen molar-refractivity contribution in [3.05, 3.63) is 89.0 Å². The van der Waals surface area contributed by atoms with Crippen molar-refractivity contribution in [3.63, 3.8) is 0 Å². The Bertz CT molecular complexity index is 1550. The van der Waals surface area contributed by atoms with Crippen molar-refractivity contribution < 1.29 is 18.3 Å². The Labute approximate surface area is 234 Å². The fourth-order valence-corrected chi connectivity index (χ4v) is 5.13. The summed E-state index contributed by atoms with van der Waals surface area (Å²) in [6.07, 6.45) is -0.257. The molecule has 0 saturated carbocycles. The van der Waals surface area contributed by atoms with Crippen LogP contribution in [-0.2, 0) is 17.0 Å². The Morgan fingerprint density at radius 3 is 2.23 bits per heavy atom. The standard InChI is InChI=1S/C33H38F3N3O/c1-8-9-10-16-31(4,5)25-18-26(32(6,7)23-13-11-12-22(17-23)21(2)3)30(40)29(20-25)39-37-27-15-14-24(33(34,35)36)19-28(27)38-39/h11-15,17-20,40H,2,8-10,16H2,1,3-7H3. The molecule has 1 aromatic heterocycles. The molecular weight excluding hydrogens is 511 g/mol. The van der Waals surface area contributed by atoms with Gasteiger partial charge in [0.2, 0.25) is 0 Å².